The molecule has 0 aromatic heterocycles. The Balaban J connectivity index is 3.82. The summed E-state index contributed by atoms with van der Waals surface area (Å²) < 4.78 is 17.6. The van der Waals surface area contributed by atoms with E-state index in [9.17, 15) is 0 Å². The molecule has 0 saturated heterocycles. The minimum Gasteiger partial charge on any atom is -0.353 e. The van der Waals surface area contributed by atoms with Crippen LogP contribution in [0.1, 0.15) is 0 Å². The highest BCUT2D eigenvalue weighted by atomic mass is 35.5. The van der Waals surface area contributed by atoms with E-state index < -0.39 is 9.05 Å². The van der Waals surface area contributed by atoms with Crippen molar-refractivity contribution >= 4 is 32.8 Å². The van der Waals surface area contributed by atoms with E-state index in [1.165, 1.54) is 14.2 Å². The van der Waals surface area contributed by atoms with Crippen molar-refractivity contribution in [2.75, 3.05) is 14.2 Å². The van der Waals surface area contributed by atoms with E-state index in [-0.39, 0.29) is 0 Å². The Hall–Kier alpha value is 0.637. The van der Waals surface area contributed by atoms with Gasteiger partial charge in [-0.3, -0.25) is 0 Å². The van der Waals surface area contributed by atoms with Gasteiger partial charge in [-0.2, -0.15) is 0 Å². The van der Waals surface area contributed by atoms with Gasteiger partial charge in [0.1, 0.15) is 0 Å². The summed E-state index contributed by atoms with van der Waals surface area (Å²) in [6.07, 6.45) is 0. The summed E-state index contributed by atoms with van der Waals surface area (Å²) in [4.78, 5) is 0. The Morgan fingerprint density at radius 2 is 1.33 bits per heavy atom. The molecule has 0 aliphatic heterocycles. The van der Waals surface area contributed by atoms with Gasteiger partial charge in [-0.25, -0.2) is 7.96 Å². The monoisotopic (exact) mass is 192 g/mol. The van der Waals surface area contributed by atoms with Crippen molar-refractivity contribution < 1.29 is 16.8 Å². The fraction of sp³-hybridized carbons (Fsp3) is 1.00. The minimum absolute atomic E-state index is 1.32. The lowest BCUT2D eigenvalue weighted by Crippen LogP contribution is -2.42. The second kappa shape index (κ2) is 4.45. The molecule has 0 spiro atoms. The van der Waals surface area contributed by atoms with Gasteiger partial charge in [0.05, 0.1) is 23.7 Å². The van der Waals surface area contributed by atoms with Crippen LogP contribution in [-0.2, 0) is 16.8 Å². The van der Waals surface area contributed by atoms with Crippen molar-refractivity contribution in [3.05, 3.63) is 0 Å². The molecule has 0 rings (SSSR count). The van der Waals surface area contributed by atoms with Gasteiger partial charge in [-0.1, -0.05) is 0 Å². The van der Waals surface area contributed by atoms with Crippen molar-refractivity contribution in [3.63, 3.8) is 0 Å². The molecule has 0 heterocycles. The van der Waals surface area contributed by atoms with Crippen LogP contribution in [0.25, 0.3) is 0 Å². The van der Waals surface area contributed by atoms with Crippen LogP contribution in [0, 0.1) is 0 Å². The molecule has 0 fully saturated rings. The lowest BCUT2D eigenvalue weighted by molar-refractivity contribution is 0.0916. The fourth-order valence-electron chi connectivity index (χ4n) is 0.221. The normalized spacial score (nSPS) is 12.0. The molecule has 0 aromatic rings. The van der Waals surface area contributed by atoms with Gasteiger partial charge in [-0.05, 0) is 0 Å². The molecule has 0 N–H and O–H groups in total. The van der Waals surface area contributed by atoms with E-state index in [0.29, 0.717) is 0 Å². The van der Waals surface area contributed by atoms with Crippen LogP contribution in [0.3, 0.4) is 0 Å². The summed E-state index contributed by atoms with van der Waals surface area (Å²) in [5.41, 5.74) is 0. The van der Waals surface area contributed by atoms with Crippen LogP contribution < -0.4 is 0 Å². The Kier molecular flexibility index (Phi) is 4.77. The van der Waals surface area contributed by atoms with E-state index in [2.05, 4.69) is 16.8 Å². The molecule has 0 radical (unpaired) electrons. The lowest BCUT2D eigenvalue weighted by atomic mass is 11.8. The third kappa shape index (κ3) is 2.38. The number of rotatable bonds is 4. The third-order valence-corrected chi connectivity index (χ3v) is 3.20. The van der Waals surface area contributed by atoms with E-state index in [1.807, 2.05) is 0 Å². The zero-order valence-corrected chi connectivity index (χ0v) is 7.40. The maximum absolute atomic E-state index is 4.93. The smallest absolute Gasteiger partial charge is 0.353 e. The molecule has 0 unspecified atom stereocenters. The first kappa shape index (κ1) is 9.64. The van der Waals surface area contributed by atoms with Crippen molar-refractivity contribution in [2.24, 2.45) is 0 Å². The number of hydrogen-bond donors (Lipinski definition) is 0. The highest BCUT2D eigenvalue weighted by Crippen LogP contribution is 2.12. The summed E-state index contributed by atoms with van der Waals surface area (Å²) >= 11 is 9.85. The van der Waals surface area contributed by atoms with E-state index in [0.717, 1.165) is 0 Å². The van der Waals surface area contributed by atoms with Gasteiger partial charge in [0.2, 0.25) is 0 Å². The Labute approximate surface area is 64.4 Å². The maximum Gasteiger partial charge on any atom is 0.712 e. The van der Waals surface area contributed by atoms with Crippen molar-refractivity contribution in [1.82, 2.24) is 0 Å². The molecular formula is C2H6Cl2O4Si. The summed E-state index contributed by atoms with van der Waals surface area (Å²) in [5.74, 6) is 0. The topological polar surface area (TPSA) is 36.9 Å². The van der Waals surface area contributed by atoms with Gasteiger partial charge < -0.3 is 8.85 Å². The fourth-order valence-corrected chi connectivity index (χ4v) is 1.71. The van der Waals surface area contributed by atoms with Gasteiger partial charge in [0, 0.05) is 14.2 Å². The number of halogens is 2. The molecule has 0 amide bonds. The zero-order valence-electron chi connectivity index (χ0n) is 4.89. The summed E-state index contributed by atoms with van der Waals surface area (Å²) in [6, 6.07) is 0. The first-order valence-electron chi connectivity index (χ1n) is 1.94. The zero-order chi connectivity index (χ0) is 7.33. The van der Waals surface area contributed by atoms with Crippen LogP contribution >= 0.6 is 23.7 Å². The first-order valence-corrected chi connectivity index (χ1v) is 4.19. The molecule has 0 atom stereocenters. The molecule has 9 heavy (non-hydrogen) atoms. The first-order chi connectivity index (χ1) is 4.24. The second-order valence-corrected chi connectivity index (χ2v) is 4.11. The van der Waals surface area contributed by atoms with Crippen LogP contribution in [0.5, 0.6) is 0 Å². The standard InChI is InChI=1S/C2H6Cl2O4Si/c1-5-9(6-2,7-3)8-4/h1-2H3. The minimum atomic E-state index is -3.16. The highest BCUT2D eigenvalue weighted by molar-refractivity contribution is 6.61. The number of hydrogen-bond acceptors (Lipinski definition) is 4. The predicted molar refractivity (Wildman–Crippen MR) is 33.6 cm³/mol. The van der Waals surface area contributed by atoms with Gasteiger partial charge in [0.15, 0.2) is 0 Å². The summed E-state index contributed by atoms with van der Waals surface area (Å²) in [6.45, 7) is 0. The average molecular weight is 193 g/mol. The molecular weight excluding hydrogens is 187 g/mol. The van der Waals surface area contributed by atoms with Gasteiger partial charge in [-0.15, -0.1) is 0 Å². The molecule has 7 heteroatoms. The van der Waals surface area contributed by atoms with Crippen LogP contribution in [0.2, 0.25) is 0 Å². The Morgan fingerprint density at radius 1 is 1.00 bits per heavy atom. The van der Waals surface area contributed by atoms with Gasteiger partial charge in [0.25, 0.3) is 0 Å². The molecule has 0 bridgehead atoms. The van der Waals surface area contributed by atoms with Crippen molar-refractivity contribution in [1.29, 1.82) is 0 Å². The quantitative estimate of drug-likeness (QED) is 0.625. The van der Waals surface area contributed by atoms with E-state index in [1.54, 1.807) is 0 Å². The van der Waals surface area contributed by atoms with Crippen LogP contribution in [0.15, 0.2) is 0 Å². The molecule has 0 aliphatic rings. The molecule has 56 valence electrons. The Bertz CT molecular complexity index is 59.5. The predicted octanol–water partition coefficient (Wildman–Crippen LogP) is 1.06. The van der Waals surface area contributed by atoms with Crippen molar-refractivity contribution in [3.8, 4) is 0 Å². The summed E-state index contributed by atoms with van der Waals surface area (Å²) in [7, 11) is -0.521. The molecule has 0 aromatic carbocycles. The van der Waals surface area contributed by atoms with E-state index in [4.69, 9.17) is 23.7 Å². The molecule has 0 aliphatic carbocycles. The molecule has 4 nitrogen and oxygen atoms in total. The lowest BCUT2D eigenvalue weighted by Gasteiger charge is -2.15. The van der Waals surface area contributed by atoms with Crippen LogP contribution in [-0.4, -0.2) is 23.3 Å². The van der Waals surface area contributed by atoms with Gasteiger partial charge >= 0.3 is 9.05 Å². The molecule has 0 saturated carbocycles. The summed E-state index contributed by atoms with van der Waals surface area (Å²) in [5, 5.41) is 0. The third-order valence-electron chi connectivity index (χ3n) is 0.689. The Morgan fingerprint density at radius 3 is 1.33 bits per heavy atom. The maximum atomic E-state index is 4.93. The van der Waals surface area contributed by atoms with Crippen LogP contribution in [0.4, 0.5) is 0 Å². The van der Waals surface area contributed by atoms with E-state index >= 15 is 0 Å². The second-order valence-electron chi connectivity index (χ2n) is 1.06. The largest absolute Gasteiger partial charge is 0.712 e. The average Bonchev–Trinajstić information content (AvgIpc) is 1.95. The van der Waals surface area contributed by atoms with Crippen molar-refractivity contribution in [2.45, 2.75) is 0 Å². The highest BCUT2D eigenvalue weighted by Gasteiger charge is 2.44. The SMILES string of the molecule is CO[Si](OC)(OCl)OCl.